The summed E-state index contributed by atoms with van der Waals surface area (Å²) in [6.07, 6.45) is 4.68. The molecule has 1 aliphatic rings. The average molecular weight is 557 g/mol. The van der Waals surface area contributed by atoms with Crippen molar-refractivity contribution >= 4 is 44.8 Å². The highest BCUT2D eigenvalue weighted by Crippen LogP contribution is 2.44. The Labute approximate surface area is 231 Å². The molecule has 0 unspecified atom stereocenters. The van der Waals surface area contributed by atoms with Gasteiger partial charge in [0.25, 0.3) is 0 Å². The largest absolute Gasteiger partial charge is 0.239 e. The normalized spacial score (nSPS) is 13.9. The zero-order chi connectivity index (χ0) is 26.5. The molecule has 0 spiro atoms. The molecule has 6 rings (SSSR count). The van der Waals surface area contributed by atoms with Gasteiger partial charge in [-0.2, -0.15) is 0 Å². The smallest absolute Gasteiger partial charge is 0.222 e. The predicted molar refractivity (Wildman–Crippen MR) is 145 cm³/mol. The molecule has 0 radical (unpaired) electrons. The lowest BCUT2D eigenvalue weighted by Crippen LogP contribution is -2.68. The molecule has 7 heteroatoms. The van der Waals surface area contributed by atoms with E-state index >= 15 is 0 Å². The lowest BCUT2D eigenvalue weighted by molar-refractivity contribution is -2.00. The molecule has 0 bridgehead atoms. The van der Waals surface area contributed by atoms with Gasteiger partial charge in [-0.25, -0.2) is 18.6 Å². The van der Waals surface area contributed by atoms with Gasteiger partial charge in [-0.15, -0.1) is 10.2 Å². The Morgan fingerprint density at radius 2 is 1.21 bits per heavy atom. The quantitative estimate of drug-likeness (QED) is 0.301. The van der Waals surface area contributed by atoms with Crippen LogP contribution in [0.1, 0.15) is 16.0 Å². The van der Waals surface area contributed by atoms with Crippen molar-refractivity contribution in [3.8, 4) is 11.1 Å². The molecule has 0 amide bonds. The van der Waals surface area contributed by atoms with E-state index in [1.165, 1.54) is 52.6 Å². The van der Waals surface area contributed by atoms with E-state index in [-0.39, 0.29) is 0 Å². The molecule has 188 valence electrons. The molecule has 0 saturated carbocycles. The number of hydrogen-bond acceptors (Lipinski definition) is 5. The fraction of sp³-hybridized carbons (Fsp3) is 0. The van der Waals surface area contributed by atoms with Gasteiger partial charge < -0.3 is 0 Å². The van der Waals surface area contributed by atoms with Crippen LogP contribution in [-0.4, -0.2) is 0 Å². The van der Waals surface area contributed by atoms with E-state index in [1.807, 2.05) is 23.1 Å². The second kappa shape index (κ2) is 11.6. The molecule has 38 heavy (non-hydrogen) atoms. The zero-order valence-corrected chi connectivity index (χ0v) is 22.3. The topological polar surface area (TPSA) is 92.2 Å². The molecule has 1 aliphatic heterocycles. The summed E-state index contributed by atoms with van der Waals surface area (Å²) in [5, 5.41) is 1.30. The molecule has 4 nitrogen and oxygen atoms in total. The molecule has 1 aromatic heterocycles. The minimum Gasteiger partial charge on any atom is -0.222 e. The van der Waals surface area contributed by atoms with Gasteiger partial charge in [-0.3, -0.25) is 0 Å². The molecule has 4 aromatic carbocycles. The van der Waals surface area contributed by atoms with Crippen LogP contribution in [0.4, 0.5) is 0 Å². The number of hydrogen-bond donors (Lipinski definition) is 0. The van der Waals surface area contributed by atoms with Crippen LogP contribution < -0.4 is 18.6 Å². The Morgan fingerprint density at radius 1 is 0.632 bits per heavy atom. The molecule has 5 aromatic rings. The SMILES string of the molecule is C1=C(c2ccccc2)c2ccccc2S/C1=C/c1cc(-c2ccccc2)c2ccccc2[s+]1.[O-][Cl+3]([O-])([O-])[O-]. The second-order valence-electron chi connectivity index (χ2n) is 8.37. The van der Waals surface area contributed by atoms with Gasteiger partial charge in [0.15, 0.2) is 0 Å². The number of thioether (sulfide) groups is 1. The van der Waals surface area contributed by atoms with Crippen molar-refractivity contribution in [3.63, 3.8) is 0 Å². The molecule has 0 saturated heterocycles. The highest BCUT2D eigenvalue weighted by molar-refractivity contribution is 8.03. The van der Waals surface area contributed by atoms with Crippen molar-refractivity contribution in [2.45, 2.75) is 4.90 Å². The van der Waals surface area contributed by atoms with Crippen LogP contribution in [0.15, 0.2) is 131 Å². The Balaban J connectivity index is 0.000000540. The van der Waals surface area contributed by atoms with E-state index in [9.17, 15) is 0 Å². The number of allylic oxidation sites excluding steroid dienone is 1. The highest BCUT2D eigenvalue weighted by Gasteiger charge is 2.20. The zero-order valence-electron chi connectivity index (χ0n) is 20.0. The summed E-state index contributed by atoms with van der Waals surface area (Å²) >= 11 is 3.70. The molecule has 0 atom stereocenters. The highest BCUT2D eigenvalue weighted by atomic mass is 35.7. The van der Waals surface area contributed by atoms with Gasteiger partial charge in [0.1, 0.15) is 0 Å². The number of fused-ring (bicyclic) bond motifs is 2. The Bertz CT molecular complexity index is 1620. The predicted octanol–water partition coefficient (Wildman–Crippen LogP) is 4.67. The maximum absolute atomic E-state index is 8.49. The maximum atomic E-state index is 8.49. The third kappa shape index (κ3) is 6.56. The van der Waals surface area contributed by atoms with Gasteiger partial charge in [0.05, 0.1) is 0 Å². The van der Waals surface area contributed by atoms with Crippen molar-refractivity contribution in [1.29, 1.82) is 0 Å². The lowest BCUT2D eigenvalue weighted by atomic mass is 9.97. The molecular weight excluding hydrogens is 536 g/mol. The van der Waals surface area contributed by atoms with Crippen LogP contribution in [0.25, 0.3) is 32.9 Å². The number of benzene rings is 4. The maximum Gasteiger partial charge on any atom is 0.239 e. The van der Waals surface area contributed by atoms with Crippen LogP contribution in [0.5, 0.6) is 0 Å². The minimum atomic E-state index is -4.94. The van der Waals surface area contributed by atoms with Crippen molar-refractivity contribution in [3.05, 3.63) is 142 Å². The van der Waals surface area contributed by atoms with E-state index in [1.54, 1.807) is 0 Å². The number of rotatable bonds is 3. The Kier molecular flexibility index (Phi) is 8.02. The third-order valence-corrected chi connectivity index (χ3v) is 7.93. The fourth-order valence-corrected chi connectivity index (χ4v) is 6.48. The van der Waals surface area contributed by atoms with Crippen LogP contribution in [0, 0.1) is 10.2 Å². The summed E-state index contributed by atoms with van der Waals surface area (Å²) < 4.78 is 35.3. The monoisotopic (exact) mass is 556 g/mol. The van der Waals surface area contributed by atoms with Gasteiger partial charge in [0, 0.05) is 39.0 Å². The fourth-order valence-electron chi connectivity index (χ4n) is 4.30. The lowest BCUT2D eigenvalue weighted by Gasteiger charge is -2.19. The van der Waals surface area contributed by atoms with E-state index in [2.05, 4.69) is 127 Å². The summed E-state index contributed by atoms with van der Waals surface area (Å²) in [7, 11) is -4.94. The average Bonchev–Trinajstić information content (AvgIpc) is 2.92. The van der Waals surface area contributed by atoms with E-state index in [0.717, 1.165) is 0 Å². The van der Waals surface area contributed by atoms with Crippen LogP contribution in [-0.2, 0) is 0 Å². The summed E-state index contributed by atoms with van der Waals surface area (Å²) in [6, 6.07) is 41.1. The molecule has 0 N–H and O–H groups in total. The van der Waals surface area contributed by atoms with Crippen molar-refractivity contribution in [2.24, 2.45) is 0 Å². The van der Waals surface area contributed by atoms with Crippen molar-refractivity contribution < 1.29 is 28.9 Å². The third-order valence-electron chi connectivity index (χ3n) is 5.84. The second-order valence-corrected chi connectivity index (χ2v) is 11.4. The standard InChI is InChI=1S/C31H21S2.ClHO4/c1-3-11-22(12-4-1)28-20-24(32-30-17-9-7-15-26(28)30)19-25-21-29(23-13-5-2-6-14-23)27-16-8-10-18-31(27)33-25;2-1(3,4)5/h1-21H;(H,2,3,4,5)/q+1;/p-1. The molecule has 2 heterocycles. The number of halogens is 1. The van der Waals surface area contributed by atoms with E-state index in [4.69, 9.17) is 18.6 Å². The first-order valence-electron chi connectivity index (χ1n) is 11.6. The van der Waals surface area contributed by atoms with E-state index in [0.29, 0.717) is 0 Å². The van der Waals surface area contributed by atoms with E-state index < -0.39 is 10.2 Å². The Hall–Kier alpha value is -3.33. The minimum absolute atomic E-state index is 1.25. The Morgan fingerprint density at radius 3 is 1.92 bits per heavy atom. The van der Waals surface area contributed by atoms with Crippen LogP contribution in [0.2, 0.25) is 0 Å². The van der Waals surface area contributed by atoms with Gasteiger partial charge in [-0.1, -0.05) is 103 Å². The summed E-state index contributed by atoms with van der Waals surface area (Å²) in [6.45, 7) is 0. The van der Waals surface area contributed by atoms with Crippen molar-refractivity contribution in [1.82, 2.24) is 0 Å². The van der Waals surface area contributed by atoms with Gasteiger partial charge >= 0.3 is 0 Å². The first-order chi connectivity index (χ1) is 18.3. The summed E-state index contributed by atoms with van der Waals surface area (Å²) in [4.78, 5) is 3.83. The van der Waals surface area contributed by atoms with Crippen LogP contribution >= 0.6 is 23.1 Å². The van der Waals surface area contributed by atoms with Crippen LogP contribution in [0.3, 0.4) is 0 Å². The van der Waals surface area contributed by atoms with Crippen molar-refractivity contribution in [2.75, 3.05) is 0 Å². The molecule has 0 fully saturated rings. The van der Waals surface area contributed by atoms with Gasteiger partial charge in [-0.05, 0) is 40.5 Å². The first-order valence-corrected chi connectivity index (χ1v) is 14.5. The van der Waals surface area contributed by atoms with Gasteiger partial charge in [0.2, 0.25) is 20.9 Å². The summed E-state index contributed by atoms with van der Waals surface area (Å²) in [5.41, 5.74) is 6.38. The summed E-state index contributed by atoms with van der Waals surface area (Å²) in [5.74, 6) is 0. The molecule has 0 aliphatic carbocycles. The molecular formula is C31H21ClO4S2. The first kappa shape index (κ1) is 26.3.